The van der Waals surface area contributed by atoms with Crippen LogP contribution in [0.1, 0.15) is 37.7 Å². The maximum Gasteiger partial charge on any atom is 0.137 e. The lowest BCUT2D eigenvalue weighted by Gasteiger charge is -2.28. The van der Waals surface area contributed by atoms with Gasteiger partial charge in [0.25, 0.3) is 0 Å². The average molecular weight is 261 g/mol. The Morgan fingerprint density at radius 1 is 1.26 bits per heavy atom. The van der Waals surface area contributed by atoms with Crippen molar-refractivity contribution in [1.82, 2.24) is 4.90 Å². The van der Waals surface area contributed by atoms with Crippen molar-refractivity contribution in [3.8, 4) is 0 Å². The molecule has 102 valence electrons. The highest BCUT2D eigenvalue weighted by Gasteiger charge is 2.37. The van der Waals surface area contributed by atoms with Gasteiger partial charge in [-0.05, 0) is 49.9 Å². The second-order valence-electron chi connectivity index (χ2n) is 5.78. The van der Waals surface area contributed by atoms with Gasteiger partial charge in [-0.3, -0.25) is 9.69 Å². The number of ketones is 1. The largest absolute Gasteiger partial charge is 0.299 e. The van der Waals surface area contributed by atoms with Crippen LogP contribution in [0.25, 0.3) is 0 Å². The number of Topliss-reactive ketones (excluding diaryl/α,β-unsaturated/α-hetero) is 1. The first-order chi connectivity index (χ1) is 9.24. The normalized spacial score (nSPS) is 28.2. The van der Waals surface area contributed by atoms with Crippen LogP contribution in [0.3, 0.4) is 0 Å². The number of rotatable bonds is 3. The summed E-state index contributed by atoms with van der Waals surface area (Å²) in [6.07, 6.45) is 5.13. The van der Waals surface area contributed by atoms with Crippen LogP contribution in [0.15, 0.2) is 24.3 Å². The number of carbonyl (C=O) groups is 1. The van der Waals surface area contributed by atoms with E-state index in [-0.39, 0.29) is 11.7 Å². The molecule has 0 amide bonds. The van der Waals surface area contributed by atoms with Gasteiger partial charge in [-0.25, -0.2) is 4.39 Å². The molecule has 1 saturated heterocycles. The van der Waals surface area contributed by atoms with Crippen molar-refractivity contribution in [2.75, 3.05) is 6.54 Å². The molecule has 0 spiro atoms. The van der Waals surface area contributed by atoms with E-state index in [1.165, 1.54) is 6.07 Å². The topological polar surface area (TPSA) is 20.3 Å². The Morgan fingerprint density at radius 3 is 2.89 bits per heavy atom. The molecule has 1 aliphatic heterocycles. The highest BCUT2D eigenvalue weighted by atomic mass is 19.1. The second kappa shape index (κ2) is 5.41. The standard InChI is InChI=1S/C16H20FNO/c17-13-5-1-4-12(10-13)11-18-9-3-7-15(18)14-6-2-8-16(14)19/h1,4-5,10,14-15H,2-3,6-9,11H2. The molecule has 0 N–H and O–H groups in total. The summed E-state index contributed by atoms with van der Waals surface area (Å²) in [6, 6.07) is 7.20. The van der Waals surface area contributed by atoms with Crippen molar-refractivity contribution in [3.63, 3.8) is 0 Å². The predicted octanol–water partition coefficient (Wildman–Crippen LogP) is 3.16. The van der Waals surface area contributed by atoms with Gasteiger partial charge in [-0.2, -0.15) is 0 Å². The molecule has 3 rings (SSSR count). The minimum absolute atomic E-state index is 0.176. The molecule has 1 saturated carbocycles. The summed E-state index contributed by atoms with van der Waals surface area (Å²) >= 11 is 0. The number of likely N-dealkylation sites (tertiary alicyclic amines) is 1. The zero-order valence-electron chi connectivity index (χ0n) is 11.1. The molecule has 0 aromatic heterocycles. The van der Waals surface area contributed by atoms with E-state index >= 15 is 0 Å². The van der Waals surface area contributed by atoms with Crippen LogP contribution in [0.5, 0.6) is 0 Å². The first kappa shape index (κ1) is 12.8. The lowest BCUT2D eigenvalue weighted by atomic mass is 9.95. The summed E-state index contributed by atoms with van der Waals surface area (Å²) in [5.41, 5.74) is 1.01. The summed E-state index contributed by atoms with van der Waals surface area (Å²) in [4.78, 5) is 14.3. The van der Waals surface area contributed by atoms with Crippen molar-refractivity contribution in [2.24, 2.45) is 5.92 Å². The summed E-state index contributed by atoms with van der Waals surface area (Å²) in [5.74, 6) is 0.498. The number of benzene rings is 1. The van der Waals surface area contributed by atoms with Crippen LogP contribution in [0.2, 0.25) is 0 Å². The predicted molar refractivity (Wildman–Crippen MR) is 72.2 cm³/mol. The molecule has 1 aliphatic carbocycles. The van der Waals surface area contributed by atoms with Gasteiger partial charge in [0, 0.05) is 24.9 Å². The SMILES string of the molecule is O=C1CCCC1C1CCCN1Cc1cccc(F)c1. The Labute approximate surface area is 113 Å². The number of hydrogen-bond acceptors (Lipinski definition) is 2. The first-order valence-corrected chi connectivity index (χ1v) is 7.25. The maximum atomic E-state index is 13.2. The zero-order chi connectivity index (χ0) is 13.2. The van der Waals surface area contributed by atoms with Gasteiger partial charge in [0.2, 0.25) is 0 Å². The van der Waals surface area contributed by atoms with Crippen molar-refractivity contribution in [1.29, 1.82) is 0 Å². The van der Waals surface area contributed by atoms with Crippen LogP contribution >= 0.6 is 0 Å². The minimum Gasteiger partial charge on any atom is -0.299 e. The summed E-state index contributed by atoms with van der Waals surface area (Å²) in [7, 11) is 0. The zero-order valence-corrected chi connectivity index (χ0v) is 11.1. The van der Waals surface area contributed by atoms with E-state index in [4.69, 9.17) is 0 Å². The Balaban J connectivity index is 1.71. The fourth-order valence-corrected chi connectivity index (χ4v) is 3.62. The molecule has 2 atom stereocenters. The van der Waals surface area contributed by atoms with E-state index in [0.717, 1.165) is 50.8 Å². The molecule has 0 radical (unpaired) electrons. The molecule has 2 aliphatic rings. The van der Waals surface area contributed by atoms with Gasteiger partial charge in [0.05, 0.1) is 0 Å². The molecule has 19 heavy (non-hydrogen) atoms. The number of hydrogen-bond donors (Lipinski definition) is 0. The smallest absolute Gasteiger partial charge is 0.137 e. The maximum absolute atomic E-state index is 13.2. The van der Waals surface area contributed by atoms with Gasteiger partial charge >= 0.3 is 0 Å². The summed E-state index contributed by atoms with van der Waals surface area (Å²) in [6.45, 7) is 1.80. The number of nitrogens with zero attached hydrogens (tertiary/aromatic N) is 1. The van der Waals surface area contributed by atoms with E-state index in [9.17, 15) is 9.18 Å². The third-order valence-electron chi connectivity index (χ3n) is 4.51. The first-order valence-electron chi connectivity index (χ1n) is 7.25. The minimum atomic E-state index is -0.176. The molecule has 1 aromatic carbocycles. The molecule has 0 bridgehead atoms. The molecule has 1 aromatic rings. The van der Waals surface area contributed by atoms with Crippen molar-refractivity contribution in [3.05, 3.63) is 35.6 Å². The molecule has 2 fully saturated rings. The molecule has 2 unspecified atom stereocenters. The van der Waals surface area contributed by atoms with Crippen LogP contribution in [0.4, 0.5) is 4.39 Å². The molecule has 1 heterocycles. The van der Waals surface area contributed by atoms with E-state index < -0.39 is 0 Å². The lowest BCUT2D eigenvalue weighted by Crippen LogP contribution is -2.37. The van der Waals surface area contributed by atoms with E-state index in [1.54, 1.807) is 12.1 Å². The summed E-state index contributed by atoms with van der Waals surface area (Å²) < 4.78 is 13.2. The molecular weight excluding hydrogens is 241 g/mol. The van der Waals surface area contributed by atoms with E-state index in [2.05, 4.69) is 4.90 Å². The van der Waals surface area contributed by atoms with Crippen LogP contribution < -0.4 is 0 Å². The number of carbonyl (C=O) groups excluding carboxylic acids is 1. The quantitative estimate of drug-likeness (QED) is 0.833. The van der Waals surface area contributed by atoms with E-state index in [0.29, 0.717) is 11.8 Å². The van der Waals surface area contributed by atoms with Gasteiger partial charge < -0.3 is 0 Å². The third-order valence-corrected chi connectivity index (χ3v) is 4.51. The van der Waals surface area contributed by atoms with E-state index in [1.807, 2.05) is 6.07 Å². The van der Waals surface area contributed by atoms with Crippen molar-refractivity contribution < 1.29 is 9.18 Å². The Hall–Kier alpha value is -1.22. The lowest BCUT2D eigenvalue weighted by molar-refractivity contribution is -0.122. The fraction of sp³-hybridized carbons (Fsp3) is 0.562. The van der Waals surface area contributed by atoms with Crippen LogP contribution in [-0.4, -0.2) is 23.3 Å². The highest BCUT2D eigenvalue weighted by molar-refractivity contribution is 5.83. The van der Waals surface area contributed by atoms with Crippen molar-refractivity contribution in [2.45, 2.75) is 44.7 Å². The summed E-state index contributed by atoms with van der Waals surface area (Å²) in [5, 5.41) is 0. The average Bonchev–Trinajstić information content (AvgIpc) is 2.98. The molecule has 2 nitrogen and oxygen atoms in total. The monoisotopic (exact) mass is 261 g/mol. The van der Waals surface area contributed by atoms with Crippen molar-refractivity contribution >= 4 is 5.78 Å². The molecular formula is C16H20FNO. The Kier molecular flexibility index (Phi) is 3.65. The number of halogens is 1. The second-order valence-corrected chi connectivity index (χ2v) is 5.78. The highest BCUT2D eigenvalue weighted by Crippen LogP contribution is 2.34. The van der Waals surface area contributed by atoms with Crippen LogP contribution in [-0.2, 0) is 11.3 Å². The van der Waals surface area contributed by atoms with Gasteiger partial charge in [-0.1, -0.05) is 12.1 Å². The molecule has 3 heteroatoms. The van der Waals surface area contributed by atoms with Gasteiger partial charge in [-0.15, -0.1) is 0 Å². The Bertz CT molecular complexity index is 474. The Morgan fingerprint density at radius 2 is 2.16 bits per heavy atom. The van der Waals surface area contributed by atoms with Gasteiger partial charge in [0.1, 0.15) is 11.6 Å². The fourth-order valence-electron chi connectivity index (χ4n) is 3.62. The van der Waals surface area contributed by atoms with Gasteiger partial charge in [0.15, 0.2) is 0 Å². The third kappa shape index (κ3) is 2.71. The van der Waals surface area contributed by atoms with Crippen LogP contribution in [0, 0.1) is 11.7 Å².